The van der Waals surface area contributed by atoms with Gasteiger partial charge in [-0.3, -0.25) is 0 Å². The van der Waals surface area contributed by atoms with Gasteiger partial charge < -0.3 is 14.7 Å². The molecular formula is C14H16ClN3O2. The molecule has 0 aliphatic rings. The number of methoxy groups -OCH3 is 1. The predicted octanol–water partition coefficient (Wildman–Crippen LogP) is 2.14. The predicted molar refractivity (Wildman–Crippen MR) is 78.2 cm³/mol. The van der Waals surface area contributed by atoms with Gasteiger partial charge in [-0.2, -0.15) is 4.98 Å². The van der Waals surface area contributed by atoms with Crippen LogP contribution in [0.3, 0.4) is 0 Å². The summed E-state index contributed by atoms with van der Waals surface area (Å²) in [4.78, 5) is 10.1. The summed E-state index contributed by atoms with van der Waals surface area (Å²) >= 11 is 6.15. The summed E-state index contributed by atoms with van der Waals surface area (Å²) in [6, 6.07) is 10.2. The van der Waals surface area contributed by atoms with E-state index in [-0.39, 0.29) is 12.6 Å². The first-order valence-corrected chi connectivity index (χ1v) is 6.58. The number of hydrogen-bond donors (Lipinski definition) is 1. The number of hydrogen-bond acceptors (Lipinski definition) is 5. The lowest BCUT2D eigenvalue weighted by atomic mass is 10.2. The number of halogens is 1. The maximum atomic E-state index is 9.23. The van der Waals surface area contributed by atoms with Crippen molar-refractivity contribution in [1.29, 1.82) is 0 Å². The minimum Gasteiger partial charge on any atom is -0.467 e. The van der Waals surface area contributed by atoms with E-state index in [0.717, 1.165) is 5.56 Å². The van der Waals surface area contributed by atoms with Crippen molar-refractivity contribution in [1.82, 2.24) is 9.97 Å². The Morgan fingerprint density at radius 3 is 2.70 bits per heavy atom. The third-order valence-corrected chi connectivity index (χ3v) is 3.04. The molecule has 1 heterocycles. The molecule has 1 N–H and O–H groups in total. The molecule has 2 aromatic rings. The molecule has 0 saturated heterocycles. The summed E-state index contributed by atoms with van der Waals surface area (Å²) in [7, 11) is 1.50. The summed E-state index contributed by atoms with van der Waals surface area (Å²) in [6.07, 6.45) is 1.50. The van der Waals surface area contributed by atoms with Crippen LogP contribution in [0.4, 0.5) is 5.82 Å². The lowest BCUT2D eigenvalue weighted by molar-refractivity contribution is 0.301. The Labute approximate surface area is 122 Å². The maximum absolute atomic E-state index is 9.23. The topological polar surface area (TPSA) is 58.5 Å². The fraction of sp³-hybridized carbons (Fsp3) is 0.286. The second-order valence-electron chi connectivity index (χ2n) is 4.16. The zero-order valence-electron chi connectivity index (χ0n) is 11.2. The second kappa shape index (κ2) is 7.07. The maximum Gasteiger partial charge on any atom is 0.318 e. The molecule has 0 bridgehead atoms. The smallest absolute Gasteiger partial charge is 0.318 e. The number of ether oxygens (including phenoxy) is 1. The lowest BCUT2D eigenvalue weighted by Crippen LogP contribution is -2.27. The van der Waals surface area contributed by atoms with Gasteiger partial charge in [0.25, 0.3) is 0 Å². The van der Waals surface area contributed by atoms with Crippen molar-refractivity contribution in [2.45, 2.75) is 6.54 Å². The van der Waals surface area contributed by atoms with Gasteiger partial charge in [-0.25, -0.2) is 4.98 Å². The van der Waals surface area contributed by atoms with E-state index in [2.05, 4.69) is 9.97 Å². The van der Waals surface area contributed by atoms with Gasteiger partial charge in [0, 0.05) is 13.1 Å². The van der Waals surface area contributed by atoms with Gasteiger partial charge in [-0.15, -0.1) is 0 Å². The number of benzene rings is 1. The number of nitrogens with zero attached hydrogens (tertiary/aromatic N) is 3. The van der Waals surface area contributed by atoms with Gasteiger partial charge in [0.2, 0.25) is 0 Å². The van der Waals surface area contributed by atoms with E-state index in [9.17, 15) is 5.11 Å². The second-order valence-corrected chi connectivity index (χ2v) is 4.57. The Morgan fingerprint density at radius 2 is 2.05 bits per heavy atom. The molecule has 0 aliphatic heterocycles. The Hall–Kier alpha value is -1.85. The molecule has 106 valence electrons. The molecule has 6 heteroatoms. The lowest BCUT2D eigenvalue weighted by Gasteiger charge is -2.23. The van der Waals surface area contributed by atoms with Crippen LogP contribution in [0, 0.1) is 0 Å². The van der Waals surface area contributed by atoms with Gasteiger partial charge in [-0.1, -0.05) is 41.9 Å². The molecule has 1 aromatic carbocycles. The van der Waals surface area contributed by atoms with E-state index in [4.69, 9.17) is 16.3 Å². The first-order valence-electron chi connectivity index (χ1n) is 6.21. The van der Waals surface area contributed by atoms with Gasteiger partial charge in [0.1, 0.15) is 5.02 Å². The molecule has 0 spiro atoms. The Balaban J connectivity index is 2.28. The van der Waals surface area contributed by atoms with E-state index in [1.807, 2.05) is 35.2 Å². The number of rotatable bonds is 6. The molecule has 0 atom stereocenters. The zero-order valence-corrected chi connectivity index (χ0v) is 11.9. The van der Waals surface area contributed by atoms with Crippen molar-refractivity contribution in [3.63, 3.8) is 0 Å². The van der Waals surface area contributed by atoms with Gasteiger partial charge >= 0.3 is 6.01 Å². The van der Waals surface area contributed by atoms with Crippen LogP contribution in [-0.4, -0.2) is 35.3 Å². The molecule has 0 unspecified atom stereocenters. The average molecular weight is 294 g/mol. The third-order valence-electron chi connectivity index (χ3n) is 2.77. The Kier molecular flexibility index (Phi) is 5.15. The highest BCUT2D eigenvalue weighted by Gasteiger charge is 2.14. The highest BCUT2D eigenvalue weighted by Crippen LogP contribution is 2.25. The Bertz CT molecular complexity index is 551. The number of aliphatic hydroxyl groups excluding tert-OH is 1. The molecular weight excluding hydrogens is 278 g/mol. The van der Waals surface area contributed by atoms with E-state index in [1.165, 1.54) is 13.3 Å². The van der Waals surface area contributed by atoms with E-state index < -0.39 is 0 Å². The third kappa shape index (κ3) is 3.59. The summed E-state index contributed by atoms with van der Waals surface area (Å²) in [5, 5.41) is 9.66. The van der Waals surface area contributed by atoms with Crippen molar-refractivity contribution in [3.8, 4) is 6.01 Å². The van der Waals surface area contributed by atoms with Crippen molar-refractivity contribution in [2.24, 2.45) is 0 Å². The SMILES string of the molecule is COc1ncc(Cl)c(N(CCO)Cc2ccccc2)n1. The minimum atomic E-state index is 0.00941. The van der Waals surface area contributed by atoms with E-state index in [1.54, 1.807) is 0 Å². The zero-order chi connectivity index (χ0) is 14.4. The van der Waals surface area contributed by atoms with Crippen LogP contribution < -0.4 is 9.64 Å². The van der Waals surface area contributed by atoms with Crippen LogP contribution in [-0.2, 0) is 6.54 Å². The van der Waals surface area contributed by atoms with Crippen molar-refractivity contribution in [3.05, 3.63) is 47.1 Å². The van der Waals surface area contributed by atoms with E-state index >= 15 is 0 Å². The Morgan fingerprint density at radius 1 is 1.30 bits per heavy atom. The van der Waals surface area contributed by atoms with Crippen LogP contribution in [0.5, 0.6) is 6.01 Å². The number of anilines is 1. The van der Waals surface area contributed by atoms with Crippen molar-refractivity contribution < 1.29 is 9.84 Å². The highest BCUT2D eigenvalue weighted by molar-refractivity contribution is 6.32. The van der Waals surface area contributed by atoms with Gasteiger partial charge in [0.15, 0.2) is 5.82 Å². The van der Waals surface area contributed by atoms with Gasteiger partial charge in [0.05, 0.1) is 19.9 Å². The molecule has 20 heavy (non-hydrogen) atoms. The summed E-state index contributed by atoms with van der Waals surface area (Å²) in [6.45, 7) is 1.03. The van der Waals surface area contributed by atoms with Crippen LogP contribution in [0.15, 0.2) is 36.5 Å². The van der Waals surface area contributed by atoms with Crippen LogP contribution >= 0.6 is 11.6 Å². The molecule has 1 aromatic heterocycles. The van der Waals surface area contributed by atoms with Crippen LogP contribution in [0.1, 0.15) is 5.56 Å². The summed E-state index contributed by atoms with van der Waals surface area (Å²) < 4.78 is 5.02. The molecule has 2 rings (SSSR count). The van der Waals surface area contributed by atoms with Crippen molar-refractivity contribution >= 4 is 17.4 Å². The number of aromatic nitrogens is 2. The molecule has 0 saturated carbocycles. The summed E-state index contributed by atoms with van der Waals surface area (Å²) in [5.41, 5.74) is 1.11. The molecule has 5 nitrogen and oxygen atoms in total. The molecule has 0 aliphatic carbocycles. The van der Waals surface area contributed by atoms with Crippen LogP contribution in [0.25, 0.3) is 0 Å². The largest absolute Gasteiger partial charge is 0.467 e. The van der Waals surface area contributed by atoms with Crippen LogP contribution in [0.2, 0.25) is 5.02 Å². The monoisotopic (exact) mass is 293 g/mol. The quantitative estimate of drug-likeness (QED) is 0.884. The van der Waals surface area contributed by atoms with Gasteiger partial charge in [-0.05, 0) is 5.56 Å². The number of aliphatic hydroxyl groups is 1. The minimum absolute atomic E-state index is 0.00941. The van der Waals surface area contributed by atoms with E-state index in [0.29, 0.717) is 23.9 Å². The average Bonchev–Trinajstić information content (AvgIpc) is 2.48. The normalized spacial score (nSPS) is 10.3. The fourth-order valence-electron chi connectivity index (χ4n) is 1.85. The standard InChI is InChI=1S/C14H16ClN3O2/c1-20-14-16-9-12(15)13(17-14)18(7-8-19)10-11-5-3-2-4-6-11/h2-6,9,19H,7-8,10H2,1H3. The first-order chi connectivity index (χ1) is 9.74. The summed E-state index contributed by atoms with van der Waals surface area (Å²) in [5.74, 6) is 0.552. The first kappa shape index (κ1) is 14.6. The highest BCUT2D eigenvalue weighted by atomic mass is 35.5. The fourth-order valence-corrected chi connectivity index (χ4v) is 2.06. The molecule has 0 fully saturated rings. The molecule has 0 amide bonds. The molecule has 0 radical (unpaired) electrons. The van der Waals surface area contributed by atoms with Crippen molar-refractivity contribution in [2.75, 3.05) is 25.2 Å².